The Labute approximate surface area is 172 Å². The van der Waals surface area contributed by atoms with Gasteiger partial charge in [-0.1, -0.05) is 6.07 Å². The van der Waals surface area contributed by atoms with Crippen molar-refractivity contribution < 1.29 is 19.2 Å². The average Bonchev–Trinajstić information content (AvgIpc) is 3.05. The number of aromatic nitrogens is 1. The van der Waals surface area contributed by atoms with E-state index < -0.39 is 11.1 Å². The lowest BCUT2D eigenvalue weighted by molar-refractivity contribution is -0.384. The lowest BCUT2D eigenvalue weighted by Gasteiger charge is -2.27. The number of benzene rings is 2. The van der Waals surface area contributed by atoms with Crippen molar-refractivity contribution in [1.29, 1.82) is 0 Å². The second-order valence-corrected chi connectivity index (χ2v) is 6.50. The molecule has 1 aromatic heterocycles. The third-order valence-electron chi connectivity index (χ3n) is 4.82. The summed E-state index contributed by atoms with van der Waals surface area (Å²) in [7, 11) is 2.98. The van der Waals surface area contributed by atoms with E-state index in [1.54, 1.807) is 60.7 Å². The lowest BCUT2D eigenvalue weighted by Crippen LogP contribution is -2.32. The number of pyridine rings is 1. The van der Waals surface area contributed by atoms with Gasteiger partial charge in [-0.05, 0) is 30.3 Å². The summed E-state index contributed by atoms with van der Waals surface area (Å²) < 4.78 is 10.6. The van der Waals surface area contributed by atoms with Gasteiger partial charge in [-0.15, -0.1) is 0 Å². The zero-order chi connectivity index (χ0) is 21.3. The molecule has 152 valence electrons. The third kappa shape index (κ3) is 3.26. The van der Waals surface area contributed by atoms with Crippen molar-refractivity contribution in [3.8, 4) is 11.5 Å². The molecule has 0 fully saturated rings. The third-order valence-corrected chi connectivity index (χ3v) is 4.82. The molecule has 1 aliphatic heterocycles. The highest BCUT2D eigenvalue weighted by Crippen LogP contribution is 2.40. The molecule has 1 N–H and O–H groups in total. The van der Waals surface area contributed by atoms with Gasteiger partial charge in [-0.25, -0.2) is 0 Å². The minimum Gasteiger partial charge on any atom is -0.497 e. The lowest BCUT2D eigenvalue weighted by atomic mass is 10.2. The number of methoxy groups -OCH3 is 2. The summed E-state index contributed by atoms with van der Waals surface area (Å²) in [4.78, 5) is 29.7. The first kappa shape index (κ1) is 19.2. The highest BCUT2D eigenvalue weighted by molar-refractivity contribution is 6.11. The maximum Gasteiger partial charge on any atom is 0.273 e. The van der Waals surface area contributed by atoms with Gasteiger partial charge in [-0.2, -0.15) is 0 Å². The maximum absolute atomic E-state index is 13.2. The Morgan fingerprint density at radius 3 is 2.67 bits per heavy atom. The van der Waals surface area contributed by atoms with Crippen molar-refractivity contribution in [2.45, 2.75) is 6.17 Å². The molecule has 3 aromatic rings. The molecule has 1 aliphatic rings. The van der Waals surface area contributed by atoms with Crippen LogP contribution in [0.5, 0.6) is 11.5 Å². The maximum atomic E-state index is 13.2. The molecule has 9 nitrogen and oxygen atoms in total. The Kier molecular flexibility index (Phi) is 4.93. The summed E-state index contributed by atoms with van der Waals surface area (Å²) in [6, 6.07) is 14.8. The number of nitro benzene ring substituents is 1. The molecule has 0 bridgehead atoms. The number of anilines is 2. The van der Waals surface area contributed by atoms with E-state index in [0.29, 0.717) is 28.4 Å². The standard InChI is InChI=1S/C21H18N4O5/c1-29-15-6-3-5-13(11-15)24-20(19-16(21(24)26)7-4-10-22-19)23-17-9-8-14(25(27)28)12-18(17)30-2/h3-12,20,23H,1-2H3/t20-/m1/s1. The van der Waals surface area contributed by atoms with E-state index in [2.05, 4.69) is 10.3 Å². The fourth-order valence-corrected chi connectivity index (χ4v) is 3.41. The van der Waals surface area contributed by atoms with Crippen molar-refractivity contribution in [2.24, 2.45) is 0 Å². The summed E-state index contributed by atoms with van der Waals surface area (Å²) in [6.45, 7) is 0. The second kappa shape index (κ2) is 7.70. The van der Waals surface area contributed by atoms with Crippen LogP contribution in [-0.2, 0) is 0 Å². The molecule has 0 radical (unpaired) electrons. The van der Waals surface area contributed by atoms with Crippen molar-refractivity contribution >= 4 is 23.0 Å². The van der Waals surface area contributed by atoms with Crippen LogP contribution in [0.3, 0.4) is 0 Å². The number of amides is 1. The van der Waals surface area contributed by atoms with E-state index in [1.165, 1.54) is 19.2 Å². The highest BCUT2D eigenvalue weighted by atomic mass is 16.6. The van der Waals surface area contributed by atoms with Gasteiger partial charge in [0.2, 0.25) is 0 Å². The molecule has 0 aliphatic carbocycles. The molecule has 2 heterocycles. The molecule has 9 heteroatoms. The number of nitrogens with zero attached hydrogens (tertiary/aromatic N) is 3. The van der Waals surface area contributed by atoms with Gasteiger partial charge in [0, 0.05) is 18.3 Å². The van der Waals surface area contributed by atoms with Crippen LogP contribution >= 0.6 is 0 Å². The van der Waals surface area contributed by atoms with E-state index in [4.69, 9.17) is 9.47 Å². The Bertz CT molecular complexity index is 1130. The minimum absolute atomic E-state index is 0.0944. The van der Waals surface area contributed by atoms with Crippen LogP contribution in [0.25, 0.3) is 0 Å². The van der Waals surface area contributed by atoms with Crippen molar-refractivity contribution in [3.05, 3.63) is 82.2 Å². The summed E-state index contributed by atoms with van der Waals surface area (Å²) in [6.07, 6.45) is 0.972. The number of rotatable bonds is 6. The van der Waals surface area contributed by atoms with Crippen LogP contribution in [0.2, 0.25) is 0 Å². The van der Waals surface area contributed by atoms with E-state index in [1.807, 2.05) is 0 Å². The Balaban J connectivity index is 1.79. The number of ether oxygens (including phenoxy) is 2. The Hall–Kier alpha value is -4.14. The zero-order valence-electron chi connectivity index (χ0n) is 16.2. The number of nitro groups is 1. The topological polar surface area (TPSA) is 107 Å². The molecular formula is C21H18N4O5. The van der Waals surface area contributed by atoms with Crippen LogP contribution < -0.4 is 19.7 Å². The number of hydrogen-bond acceptors (Lipinski definition) is 7. The summed E-state index contributed by atoms with van der Waals surface area (Å²) in [5.41, 5.74) is 2.04. The van der Waals surface area contributed by atoms with Crippen LogP contribution in [0, 0.1) is 10.1 Å². The van der Waals surface area contributed by atoms with Gasteiger partial charge in [0.1, 0.15) is 11.5 Å². The smallest absolute Gasteiger partial charge is 0.273 e. The molecule has 1 atom stereocenters. The van der Waals surface area contributed by atoms with E-state index in [0.717, 1.165) is 0 Å². The van der Waals surface area contributed by atoms with Crippen molar-refractivity contribution in [3.63, 3.8) is 0 Å². The summed E-state index contributed by atoms with van der Waals surface area (Å²) in [5, 5.41) is 14.3. The van der Waals surface area contributed by atoms with Crippen molar-refractivity contribution in [2.75, 3.05) is 24.4 Å². The molecule has 30 heavy (non-hydrogen) atoms. The summed E-state index contributed by atoms with van der Waals surface area (Å²) >= 11 is 0. The number of non-ortho nitro benzene ring substituents is 1. The first-order valence-electron chi connectivity index (χ1n) is 9.05. The van der Waals surface area contributed by atoms with Crippen LogP contribution in [0.1, 0.15) is 22.2 Å². The molecule has 0 saturated carbocycles. The van der Waals surface area contributed by atoms with Crippen LogP contribution in [0.15, 0.2) is 60.8 Å². The number of carbonyl (C=O) groups excluding carboxylic acids is 1. The van der Waals surface area contributed by atoms with E-state index in [-0.39, 0.29) is 17.3 Å². The molecule has 0 spiro atoms. The van der Waals surface area contributed by atoms with Gasteiger partial charge in [0.15, 0.2) is 6.17 Å². The van der Waals surface area contributed by atoms with Gasteiger partial charge in [0.25, 0.3) is 11.6 Å². The predicted molar refractivity (Wildman–Crippen MR) is 110 cm³/mol. The van der Waals surface area contributed by atoms with Gasteiger partial charge >= 0.3 is 0 Å². The predicted octanol–water partition coefficient (Wildman–Crippen LogP) is 3.78. The fourth-order valence-electron chi connectivity index (χ4n) is 3.41. The molecular weight excluding hydrogens is 388 g/mol. The second-order valence-electron chi connectivity index (χ2n) is 6.50. The first-order valence-corrected chi connectivity index (χ1v) is 9.05. The zero-order valence-corrected chi connectivity index (χ0v) is 16.2. The normalized spacial score (nSPS) is 14.9. The van der Waals surface area contributed by atoms with E-state index in [9.17, 15) is 14.9 Å². The van der Waals surface area contributed by atoms with E-state index >= 15 is 0 Å². The largest absolute Gasteiger partial charge is 0.497 e. The highest BCUT2D eigenvalue weighted by Gasteiger charge is 2.39. The van der Waals surface area contributed by atoms with Gasteiger partial charge in [-0.3, -0.25) is 24.8 Å². The van der Waals surface area contributed by atoms with Gasteiger partial charge < -0.3 is 14.8 Å². The minimum atomic E-state index is -0.642. The summed E-state index contributed by atoms with van der Waals surface area (Å²) in [5.74, 6) is 0.673. The van der Waals surface area contributed by atoms with Gasteiger partial charge in [0.05, 0.1) is 47.8 Å². The van der Waals surface area contributed by atoms with Crippen LogP contribution in [-0.4, -0.2) is 30.0 Å². The Morgan fingerprint density at radius 1 is 1.10 bits per heavy atom. The molecule has 1 amide bonds. The Morgan fingerprint density at radius 2 is 1.93 bits per heavy atom. The fraction of sp³-hybridized carbons (Fsp3) is 0.143. The average molecular weight is 406 g/mol. The molecule has 4 rings (SSSR count). The number of hydrogen-bond donors (Lipinski definition) is 1. The number of nitrogens with one attached hydrogen (secondary N) is 1. The SMILES string of the molecule is COc1cccc(N2C(=O)c3cccnc3[C@@H]2Nc2ccc([N+](=O)[O-])cc2OC)c1. The quantitative estimate of drug-likeness (QED) is 0.490. The number of carbonyl (C=O) groups is 1. The van der Waals surface area contributed by atoms with Crippen LogP contribution in [0.4, 0.5) is 17.1 Å². The van der Waals surface area contributed by atoms with Crippen molar-refractivity contribution in [1.82, 2.24) is 4.98 Å². The first-order chi connectivity index (χ1) is 14.5. The molecule has 0 unspecified atom stereocenters. The molecule has 0 saturated heterocycles. The molecule has 2 aromatic carbocycles. The monoisotopic (exact) mass is 406 g/mol. The number of fused-ring (bicyclic) bond motifs is 1.